The van der Waals surface area contributed by atoms with Crippen molar-refractivity contribution in [1.29, 1.82) is 0 Å². The summed E-state index contributed by atoms with van der Waals surface area (Å²) in [5, 5.41) is 0. The van der Waals surface area contributed by atoms with Crippen molar-refractivity contribution in [2.45, 2.75) is 51.2 Å². The third kappa shape index (κ3) is 1.29. The predicted molar refractivity (Wildman–Crippen MR) is 47.6 cm³/mol. The zero-order valence-electron chi connectivity index (χ0n) is 8.73. The Morgan fingerprint density at radius 3 is 2.43 bits per heavy atom. The van der Waals surface area contributed by atoms with Crippen molar-refractivity contribution in [2.75, 3.05) is 6.61 Å². The Bertz CT molecular complexity index is 247. The molecular weight excluding hydrogens is 184 g/mol. The number of fused-ring (bicyclic) bond motifs is 1. The monoisotopic (exact) mass is 200 g/mol. The van der Waals surface area contributed by atoms with Gasteiger partial charge < -0.3 is 18.9 Å². The van der Waals surface area contributed by atoms with Crippen LogP contribution >= 0.6 is 0 Å². The van der Waals surface area contributed by atoms with Crippen LogP contribution in [0.25, 0.3) is 0 Å². The van der Waals surface area contributed by atoms with E-state index in [1.807, 2.05) is 13.8 Å². The molecular formula is C10H16O4. The van der Waals surface area contributed by atoms with Crippen molar-refractivity contribution in [1.82, 2.24) is 0 Å². The number of rotatable bonds is 1. The van der Waals surface area contributed by atoms with E-state index < -0.39 is 5.79 Å². The van der Waals surface area contributed by atoms with Crippen molar-refractivity contribution in [3.8, 4) is 0 Å². The van der Waals surface area contributed by atoms with E-state index in [-0.39, 0.29) is 24.6 Å². The maximum atomic E-state index is 5.79. The average Bonchev–Trinajstić information content (AvgIpc) is 2.81. The Morgan fingerprint density at radius 1 is 1.14 bits per heavy atom. The molecule has 4 heteroatoms. The van der Waals surface area contributed by atoms with Crippen LogP contribution < -0.4 is 0 Å². The van der Waals surface area contributed by atoms with Crippen LogP contribution in [0.3, 0.4) is 0 Å². The van der Waals surface area contributed by atoms with Gasteiger partial charge >= 0.3 is 0 Å². The highest BCUT2D eigenvalue weighted by molar-refractivity contribution is 4.96. The maximum absolute atomic E-state index is 5.79. The molecule has 0 saturated carbocycles. The fourth-order valence-corrected chi connectivity index (χ4v) is 2.36. The molecule has 3 fully saturated rings. The van der Waals surface area contributed by atoms with Gasteiger partial charge in [0.15, 0.2) is 12.1 Å². The second-order valence-electron chi connectivity index (χ2n) is 4.80. The van der Waals surface area contributed by atoms with Gasteiger partial charge in [-0.15, -0.1) is 0 Å². The smallest absolute Gasteiger partial charge is 0.187 e. The molecule has 0 aromatic carbocycles. The molecule has 80 valence electrons. The normalized spacial score (nSPS) is 54.6. The summed E-state index contributed by atoms with van der Waals surface area (Å²) in [6, 6.07) is 0. The topological polar surface area (TPSA) is 40.2 Å². The van der Waals surface area contributed by atoms with Crippen molar-refractivity contribution >= 4 is 0 Å². The van der Waals surface area contributed by atoms with E-state index in [1.54, 1.807) is 0 Å². The van der Waals surface area contributed by atoms with Gasteiger partial charge in [0, 0.05) is 5.92 Å². The largest absolute Gasteiger partial charge is 0.370 e. The van der Waals surface area contributed by atoms with Crippen molar-refractivity contribution < 1.29 is 18.9 Å². The van der Waals surface area contributed by atoms with E-state index in [1.165, 1.54) is 0 Å². The third-order valence-electron chi connectivity index (χ3n) is 3.14. The van der Waals surface area contributed by atoms with E-state index in [0.717, 1.165) is 6.61 Å². The summed E-state index contributed by atoms with van der Waals surface area (Å²) >= 11 is 0. The highest BCUT2D eigenvalue weighted by atomic mass is 16.8. The highest BCUT2D eigenvalue weighted by Crippen LogP contribution is 2.43. The molecule has 0 amide bonds. The lowest BCUT2D eigenvalue weighted by atomic mass is 9.99. The molecule has 3 aliphatic rings. The van der Waals surface area contributed by atoms with Gasteiger partial charge in [0.2, 0.25) is 0 Å². The molecule has 0 spiro atoms. The molecule has 14 heavy (non-hydrogen) atoms. The van der Waals surface area contributed by atoms with Crippen LogP contribution in [0.15, 0.2) is 0 Å². The molecule has 3 heterocycles. The van der Waals surface area contributed by atoms with Gasteiger partial charge in [-0.05, 0) is 13.8 Å². The van der Waals surface area contributed by atoms with Crippen LogP contribution in [0.1, 0.15) is 20.8 Å². The summed E-state index contributed by atoms with van der Waals surface area (Å²) in [6.07, 6.45) is 0.292. The Labute approximate surface area is 83.5 Å². The van der Waals surface area contributed by atoms with Crippen LogP contribution in [-0.2, 0) is 18.9 Å². The average molecular weight is 200 g/mol. The van der Waals surface area contributed by atoms with Gasteiger partial charge in [-0.3, -0.25) is 0 Å². The second-order valence-corrected chi connectivity index (χ2v) is 4.80. The highest BCUT2D eigenvalue weighted by Gasteiger charge is 2.56. The molecule has 0 unspecified atom stereocenters. The minimum atomic E-state index is -0.501. The van der Waals surface area contributed by atoms with Crippen molar-refractivity contribution in [3.05, 3.63) is 0 Å². The third-order valence-corrected chi connectivity index (χ3v) is 3.14. The van der Waals surface area contributed by atoms with E-state index in [0.29, 0.717) is 5.92 Å². The van der Waals surface area contributed by atoms with E-state index >= 15 is 0 Å². The summed E-state index contributed by atoms with van der Waals surface area (Å²) in [4.78, 5) is 0. The lowest BCUT2D eigenvalue weighted by Gasteiger charge is -2.22. The molecule has 0 bridgehead atoms. The summed E-state index contributed by atoms with van der Waals surface area (Å²) in [7, 11) is 0. The molecule has 3 rings (SSSR count). The van der Waals surface area contributed by atoms with Gasteiger partial charge in [0.25, 0.3) is 0 Å². The van der Waals surface area contributed by atoms with Gasteiger partial charge in [-0.1, -0.05) is 6.92 Å². The molecule has 3 aliphatic heterocycles. The number of hydrogen-bond acceptors (Lipinski definition) is 4. The summed E-state index contributed by atoms with van der Waals surface area (Å²) in [5.41, 5.74) is 0. The van der Waals surface area contributed by atoms with E-state index in [4.69, 9.17) is 18.9 Å². The fraction of sp³-hybridized carbons (Fsp3) is 1.00. The first kappa shape index (κ1) is 9.09. The second kappa shape index (κ2) is 2.70. The SMILES string of the molecule is C[C@H]1[C@H]2OC(C)(C)O[C@H]2O[C@@H]1[C@@H]1CO1. The molecule has 0 radical (unpaired) electrons. The van der Waals surface area contributed by atoms with Crippen LogP contribution in [0.4, 0.5) is 0 Å². The number of hydrogen-bond donors (Lipinski definition) is 0. The quantitative estimate of drug-likeness (QED) is 0.589. The lowest BCUT2D eigenvalue weighted by molar-refractivity contribution is -0.211. The van der Waals surface area contributed by atoms with Crippen molar-refractivity contribution in [3.63, 3.8) is 0 Å². The molecule has 5 atom stereocenters. The van der Waals surface area contributed by atoms with E-state index in [9.17, 15) is 0 Å². The van der Waals surface area contributed by atoms with Gasteiger partial charge in [0.05, 0.1) is 12.7 Å². The summed E-state index contributed by atoms with van der Waals surface area (Å²) < 4.78 is 22.5. The van der Waals surface area contributed by atoms with Crippen LogP contribution in [0, 0.1) is 5.92 Å². The molecule has 0 aliphatic carbocycles. The van der Waals surface area contributed by atoms with Crippen LogP contribution in [-0.4, -0.2) is 37.0 Å². The molecule has 0 N–H and O–H groups in total. The molecule has 4 nitrogen and oxygen atoms in total. The van der Waals surface area contributed by atoms with Crippen LogP contribution in [0.2, 0.25) is 0 Å². The standard InChI is InChI=1S/C10H16O4/c1-5-7(6-4-11-6)12-9-8(5)13-10(2,3)14-9/h5-9H,4H2,1-3H3/t5-,6+,7+,8-,9-/m1/s1. The van der Waals surface area contributed by atoms with Crippen molar-refractivity contribution in [2.24, 2.45) is 5.92 Å². The van der Waals surface area contributed by atoms with Gasteiger partial charge in [-0.25, -0.2) is 0 Å². The minimum Gasteiger partial charge on any atom is -0.370 e. The zero-order valence-corrected chi connectivity index (χ0v) is 8.73. The first-order chi connectivity index (χ1) is 6.57. The van der Waals surface area contributed by atoms with Gasteiger partial charge in [-0.2, -0.15) is 0 Å². The lowest BCUT2D eigenvalue weighted by Crippen LogP contribution is -2.31. The first-order valence-electron chi connectivity index (χ1n) is 5.19. The number of ether oxygens (including phenoxy) is 4. The van der Waals surface area contributed by atoms with E-state index in [2.05, 4.69) is 6.92 Å². The maximum Gasteiger partial charge on any atom is 0.187 e. The number of epoxide rings is 1. The molecule has 0 aromatic heterocycles. The van der Waals surface area contributed by atoms with Gasteiger partial charge in [0.1, 0.15) is 12.2 Å². The fourth-order valence-electron chi connectivity index (χ4n) is 2.36. The Hall–Kier alpha value is -0.160. The Morgan fingerprint density at radius 2 is 1.86 bits per heavy atom. The van der Waals surface area contributed by atoms with Crippen LogP contribution in [0.5, 0.6) is 0 Å². The Kier molecular flexibility index (Phi) is 1.75. The minimum absolute atomic E-state index is 0.0687. The summed E-state index contributed by atoms with van der Waals surface area (Å²) in [6.45, 7) is 6.80. The predicted octanol–water partition coefficient (Wildman–Crippen LogP) is 0.898. The molecule has 0 aromatic rings. The first-order valence-corrected chi connectivity index (χ1v) is 5.19. The Balaban J connectivity index is 1.74. The molecule has 3 saturated heterocycles. The zero-order chi connectivity index (χ0) is 9.92. The summed E-state index contributed by atoms with van der Waals surface area (Å²) in [5.74, 6) is -0.145.